The van der Waals surface area contributed by atoms with Gasteiger partial charge in [0.25, 0.3) is 0 Å². The largest absolute Gasteiger partial charge is 0.357 e. The maximum absolute atomic E-state index is 12.4. The molecule has 2 rings (SSSR count). The lowest BCUT2D eigenvalue weighted by Crippen LogP contribution is -2.27. The Morgan fingerprint density at radius 1 is 1.25 bits per heavy atom. The minimum atomic E-state index is -0.282. The van der Waals surface area contributed by atoms with Gasteiger partial charge in [-0.15, -0.1) is 0 Å². The lowest BCUT2D eigenvalue weighted by molar-refractivity contribution is -0.109. The minimum absolute atomic E-state index is 0.000837. The van der Waals surface area contributed by atoms with Crippen LogP contribution in [0.1, 0.15) is 17.3 Å². The first-order chi connectivity index (χ1) is 9.64. The summed E-state index contributed by atoms with van der Waals surface area (Å²) in [5.74, 6) is -0.000837. The second-order valence-electron chi connectivity index (χ2n) is 5.01. The number of benzene rings is 1. The molecule has 1 aliphatic carbocycles. The molecule has 0 saturated heterocycles. The Morgan fingerprint density at radius 2 is 2.00 bits per heavy atom. The van der Waals surface area contributed by atoms with Gasteiger partial charge in [0.15, 0.2) is 5.78 Å². The van der Waals surface area contributed by atoms with Gasteiger partial charge in [0.05, 0.1) is 0 Å². The zero-order chi connectivity index (χ0) is 14.4. The predicted molar refractivity (Wildman–Crippen MR) is 79.3 cm³/mol. The summed E-state index contributed by atoms with van der Waals surface area (Å²) in [5, 5.41) is 2.67. The molecule has 3 nitrogen and oxygen atoms in total. The Labute approximate surface area is 118 Å². The molecule has 1 unspecified atom stereocenters. The van der Waals surface area contributed by atoms with Gasteiger partial charge < -0.3 is 5.32 Å². The van der Waals surface area contributed by atoms with E-state index in [1.54, 1.807) is 18.2 Å². The number of amides is 1. The maximum atomic E-state index is 12.4. The van der Waals surface area contributed by atoms with Crippen LogP contribution in [0, 0.1) is 5.41 Å². The highest BCUT2D eigenvalue weighted by Gasteiger charge is 2.19. The summed E-state index contributed by atoms with van der Waals surface area (Å²) in [6.07, 6.45) is 10.1. The SMILES string of the molecule is CC1(CNC=O)C=CC=C(C(=O)c2ccccc2)C=C1. The van der Waals surface area contributed by atoms with Crippen molar-refractivity contribution in [2.45, 2.75) is 6.92 Å². The van der Waals surface area contributed by atoms with E-state index in [9.17, 15) is 9.59 Å². The molecule has 0 aliphatic heterocycles. The number of carbonyl (C=O) groups is 2. The lowest BCUT2D eigenvalue weighted by Gasteiger charge is -2.20. The van der Waals surface area contributed by atoms with E-state index in [0.717, 1.165) is 0 Å². The fourth-order valence-corrected chi connectivity index (χ4v) is 2.05. The molecule has 1 aliphatic rings. The van der Waals surface area contributed by atoms with Gasteiger partial charge in [0.1, 0.15) is 0 Å². The van der Waals surface area contributed by atoms with Gasteiger partial charge in [0, 0.05) is 23.1 Å². The van der Waals surface area contributed by atoms with E-state index in [2.05, 4.69) is 5.32 Å². The molecule has 0 spiro atoms. The molecule has 1 aromatic carbocycles. The van der Waals surface area contributed by atoms with E-state index in [0.29, 0.717) is 24.1 Å². The number of hydrogen-bond acceptors (Lipinski definition) is 2. The molecule has 0 aromatic heterocycles. The van der Waals surface area contributed by atoms with E-state index < -0.39 is 0 Å². The van der Waals surface area contributed by atoms with Crippen molar-refractivity contribution in [2.75, 3.05) is 6.54 Å². The molecule has 1 aromatic rings. The third-order valence-corrected chi connectivity index (χ3v) is 3.26. The monoisotopic (exact) mass is 267 g/mol. The number of Topliss-reactive ketones (excluding diaryl/α,β-unsaturated/α-hetero) is 1. The highest BCUT2D eigenvalue weighted by atomic mass is 16.1. The highest BCUT2D eigenvalue weighted by molar-refractivity contribution is 6.10. The van der Waals surface area contributed by atoms with Crippen LogP contribution in [0.2, 0.25) is 0 Å². The first-order valence-corrected chi connectivity index (χ1v) is 6.50. The van der Waals surface area contributed by atoms with Crippen molar-refractivity contribution >= 4 is 12.2 Å². The summed E-state index contributed by atoms with van der Waals surface area (Å²) in [6, 6.07) is 9.19. The van der Waals surface area contributed by atoms with Crippen LogP contribution in [0.15, 0.2) is 66.3 Å². The summed E-state index contributed by atoms with van der Waals surface area (Å²) >= 11 is 0. The van der Waals surface area contributed by atoms with Crippen molar-refractivity contribution in [3.05, 3.63) is 71.8 Å². The molecule has 0 fully saturated rings. The number of carbonyl (C=O) groups excluding carboxylic acids is 2. The summed E-state index contributed by atoms with van der Waals surface area (Å²) < 4.78 is 0. The molecule has 102 valence electrons. The van der Waals surface area contributed by atoms with Gasteiger partial charge in [-0.2, -0.15) is 0 Å². The Hall–Kier alpha value is -2.42. The second kappa shape index (κ2) is 6.15. The van der Waals surface area contributed by atoms with Gasteiger partial charge in [-0.3, -0.25) is 9.59 Å². The molecule has 1 atom stereocenters. The first-order valence-electron chi connectivity index (χ1n) is 6.50. The highest BCUT2D eigenvalue weighted by Crippen LogP contribution is 2.24. The number of nitrogens with one attached hydrogen (secondary N) is 1. The van der Waals surface area contributed by atoms with Crippen molar-refractivity contribution in [2.24, 2.45) is 5.41 Å². The molecule has 20 heavy (non-hydrogen) atoms. The quantitative estimate of drug-likeness (QED) is 0.658. The van der Waals surface area contributed by atoms with E-state index >= 15 is 0 Å². The fourth-order valence-electron chi connectivity index (χ4n) is 2.05. The van der Waals surface area contributed by atoms with Crippen molar-refractivity contribution in [1.82, 2.24) is 5.32 Å². The molecule has 0 radical (unpaired) electrons. The maximum Gasteiger partial charge on any atom is 0.207 e. The van der Waals surface area contributed by atoms with Crippen LogP contribution in [0.25, 0.3) is 0 Å². The van der Waals surface area contributed by atoms with Crippen LogP contribution in [-0.2, 0) is 4.79 Å². The Bertz CT molecular complexity index is 584. The molecule has 1 amide bonds. The van der Waals surface area contributed by atoms with Gasteiger partial charge in [0.2, 0.25) is 6.41 Å². The molecular weight excluding hydrogens is 250 g/mol. The third-order valence-electron chi connectivity index (χ3n) is 3.26. The number of rotatable bonds is 5. The van der Waals surface area contributed by atoms with E-state index in [-0.39, 0.29) is 11.2 Å². The average molecular weight is 267 g/mol. The third kappa shape index (κ3) is 3.32. The van der Waals surface area contributed by atoms with Gasteiger partial charge >= 0.3 is 0 Å². The van der Waals surface area contributed by atoms with Gasteiger partial charge in [-0.25, -0.2) is 0 Å². The van der Waals surface area contributed by atoms with Crippen LogP contribution >= 0.6 is 0 Å². The zero-order valence-corrected chi connectivity index (χ0v) is 11.4. The molecule has 0 bridgehead atoms. The molecule has 3 heteroatoms. The van der Waals surface area contributed by atoms with Crippen molar-refractivity contribution in [3.63, 3.8) is 0 Å². The Morgan fingerprint density at radius 3 is 2.70 bits per heavy atom. The van der Waals surface area contributed by atoms with E-state index in [1.165, 1.54) is 0 Å². The first kappa shape index (κ1) is 14.0. The number of ketones is 1. The van der Waals surface area contributed by atoms with E-state index in [4.69, 9.17) is 0 Å². The summed E-state index contributed by atoms with van der Waals surface area (Å²) in [7, 11) is 0. The van der Waals surface area contributed by atoms with Crippen LogP contribution < -0.4 is 5.32 Å². The summed E-state index contributed by atoms with van der Waals surface area (Å²) in [6.45, 7) is 2.50. The predicted octanol–water partition coefficient (Wildman–Crippen LogP) is 2.67. The number of hydrogen-bond donors (Lipinski definition) is 1. The lowest BCUT2D eigenvalue weighted by atomic mass is 9.89. The second-order valence-corrected chi connectivity index (χ2v) is 5.01. The Kier molecular flexibility index (Phi) is 4.31. The van der Waals surface area contributed by atoms with Crippen LogP contribution in [0.4, 0.5) is 0 Å². The normalized spacial score (nSPS) is 20.9. The zero-order valence-electron chi connectivity index (χ0n) is 11.4. The molecule has 0 saturated carbocycles. The Balaban J connectivity index is 2.18. The van der Waals surface area contributed by atoms with Gasteiger partial charge in [-0.05, 0) is 0 Å². The molecule has 0 heterocycles. The van der Waals surface area contributed by atoms with Crippen LogP contribution in [-0.4, -0.2) is 18.7 Å². The minimum Gasteiger partial charge on any atom is -0.357 e. The van der Waals surface area contributed by atoms with Crippen molar-refractivity contribution < 1.29 is 9.59 Å². The molecule has 1 N–H and O–H groups in total. The van der Waals surface area contributed by atoms with Crippen LogP contribution in [0.5, 0.6) is 0 Å². The van der Waals surface area contributed by atoms with Crippen molar-refractivity contribution in [1.29, 1.82) is 0 Å². The summed E-state index contributed by atoms with van der Waals surface area (Å²) in [4.78, 5) is 22.8. The fraction of sp³-hybridized carbons (Fsp3) is 0.176. The van der Waals surface area contributed by atoms with E-state index in [1.807, 2.05) is 49.4 Å². The standard InChI is InChI=1S/C17H17NO2/c1-17(12-18-13-19)10-5-8-15(9-11-17)16(20)14-6-3-2-4-7-14/h2-11,13H,12H2,1H3,(H,18,19). The van der Waals surface area contributed by atoms with Gasteiger partial charge in [-0.1, -0.05) is 67.6 Å². The average Bonchev–Trinajstić information content (AvgIpc) is 2.68. The smallest absolute Gasteiger partial charge is 0.207 e. The van der Waals surface area contributed by atoms with Crippen molar-refractivity contribution in [3.8, 4) is 0 Å². The summed E-state index contributed by atoms with van der Waals surface area (Å²) in [5.41, 5.74) is 1.03. The number of allylic oxidation sites excluding steroid dienone is 4. The molecular formula is C17H17NO2. The van der Waals surface area contributed by atoms with Crippen LogP contribution in [0.3, 0.4) is 0 Å². The topological polar surface area (TPSA) is 46.2 Å².